The lowest BCUT2D eigenvalue weighted by Gasteiger charge is -2.11. The molecule has 128 valence electrons. The fraction of sp³-hybridized carbons (Fsp3) is 0.0588. The van der Waals surface area contributed by atoms with Crippen molar-refractivity contribution in [3.63, 3.8) is 0 Å². The van der Waals surface area contributed by atoms with Crippen molar-refractivity contribution in [3.05, 3.63) is 71.6 Å². The van der Waals surface area contributed by atoms with Gasteiger partial charge in [0, 0.05) is 23.9 Å². The first-order chi connectivity index (χ1) is 11.9. The van der Waals surface area contributed by atoms with Gasteiger partial charge >= 0.3 is 0 Å². The van der Waals surface area contributed by atoms with Crippen molar-refractivity contribution >= 4 is 23.0 Å². The first kappa shape index (κ1) is 16.7. The van der Waals surface area contributed by atoms with Crippen LogP contribution in [0.15, 0.2) is 42.5 Å². The number of aromatic nitrogens is 2. The quantitative estimate of drug-likeness (QED) is 0.663. The topological polar surface area (TPSA) is 49.8 Å². The Morgan fingerprint density at radius 2 is 1.44 bits per heavy atom. The van der Waals surface area contributed by atoms with E-state index in [-0.39, 0.29) is 17.2 Å². The summed E-state index contributed by atoms with van der Waals surface area (Å²) in [6.45, 7) is 1.61. The smallest absolute Gasteiger partial charge is 0.160 e. The molecule has 0 atom stereocenters. The Balaban J connectivity index is 1.86. The van der Waals surface area contributed by atoms with Crippen molar-refractivity contribution in [1.82, 2.24) is 9.97 Å². The number of aryl methyl sites for hydroxylation is 1. The van der Waals surface area contributed by atoms with Crippen molar-refractivity contribution < 1.29 is 17.6 Å². The highest BCUT2D eigenvalue weighted by molar-refractivity contribution is 5.63. The van der Waals surface area contributed by atoms with Gasteiger partial charge in [-0.25, -0.2) is 27.5 Å². The monoisotopic (exact) mass is 348 g/mol. The molecule has 4 nitrogen and oxygen atoms in total. The van der Waals surface area contributed by atoms with E-state index >= 15 is 0 Å². The molecule has 3 aromatic rings. The number of benzene rings is 2. The molecule has 0 fully saturated rings. The number of hydrogen-bond donors (Lipinski definition) is 2. The van der Waals surface area contributed by atoms with E-state index in [2.05, 4.69) is 20.6 Å². The summed E-state index contributed by atoms with van der Waals surface area (Å²) in [5, 5.41) is 5.53. The molecule has 1 heterocycles. The lowest BCUT2D eigenvalue weighted by atomic mass is 10.3. The van der Waals surface area contributed by atoms with Gasteiger partial charge < -0.3 is 10.6 Å². The summed E-state index contributed by atoms with van der Waals surface area (Å²) in [5.41, 5.74) is 0.328. The first-order valence-electron chi connectivity index (χ1n) is 7.20. The summed E-state index contributed by atoms with van der Waals surface area (Å²) in [6, 6.07) is 7.87. The zero-order chi connectivity index (χ0) is 18.0. The second kappa shape index (κ2) is 6.76. The van der Waals surface area contributed by atoms with Crippen LogP contribution in [0.4, 0.5) is 40.6 Å². The third kappa shape index (κ3) is 4.03. The number of anilines is 4. The fourth-order valence-corrected chi connectivity index (χ4v) is 2.15. The van der Waals surface area contributed by atoms with Crippen molar-refractivity contribution in [1.29, 1.82) is 0 Å². The van der Waals surface area contributed by atoms with E-state index in [1.54, 1.807) is 6.92 Å². The van der Waals surface area contributed by atoms with Gasteiger partial charge in [0.1, 0.15) is 29.1 Å². The highest BCUT2D eigenvalue weighted by Crippen LogP contribution is 2.23. The van der Waals surface area contributed by atoms with Gasteiger partial charge in [-0.15, -0.1) is 0 Å². The Kier molecular flexibility index (Phi) is 4.51. The van der Waals surface area contributed by atoms with Crippen LogP contribution in [0, 0.1) is 30.2 Å². The second-order valence-electron chi connectivity index (χ2n) is 5.19. The van der Waals surface area contributed by atoms with Crippen LogP contribution in [0.5, 0.6) is 0 Å². The second-order valence-corrected chi connectivity index (χ2v) is 5.19. The van der Waals surface area contributed by atoms with Gasteiger partial charge in [-0.2, -0.15) is 0 Å². The molecule has 0 unspecified atom stereocenters. The molecular formula is C17H12F4N4. The van der Waals surface area contributed by atoms with Crippen molar-refractivity contribution in [2.75, 3.05) is 10.6 Å². The Hall–Kier alpha value is -3.16. The Morgan fingerprint density at radius 1 is 0.720 bits per heavy atom. The molecule has 0 aliphatic heterocycles. The van der Waals surface area contributed by atoms with Crippen LogP contribution in [0.3, 0.4) is 0 Å². The van der Waals surface area contributed by atoms with Crippen molar-refractivity contribution in [3.8, 4) is 0 Å². The molecule has 0 radical (unpaired) electrons. The molecule has 0 aliphatic rings. The molecule has 1 aromatic heterocycles. The average Bonchev–Trinajstić information content (AvgIpc) is 2.53. The van der Waals surface area contributed by atoms with E-state index in [4.69, 9.17) is 0 Å². The van der Waals surface area contributed by atoms with Gasteiger partial charge in [0.05, 0.1) is 5.69 Å². The maximum atomic E-state index is 13.7. The highest BCUT2D eigenvalue weighted by Gasteiger charge is 2.08. The number of nitrogens with one attached hydrogen (secondary N) is 2. The molecule has 2 N–H and O–H groups in total. The van der Waals surface area contributed by atoms with E-state index in [1.165, 1.54) is 18.2 Å². The van der Waals surface area contributed by atoms with Crippen LogP contribution in [0.25, 0.3) is 0 Å². The van der Waals surface area contributed by atoms with Crippen LogP contribution < -0.4 is 10.6 Å². The minimum Gasteiger partial charge on any atom is -0.340 e. The summed E-state index contributed by atoms with van der Waals surface area (Å²) in [5.74, 6) is -2.51. The molecule has 0 amide bonds. The Labute approximate surface area is 140 Å². The fourth-order valence-electron chi connectivity index (χ4n) is 2.15. The molecule has 3 rings (SSSR count). The van der Waals surface area contributed by atoms with E-state index in [0.29, 0.717) is 11.6 Å². The predicted molar refractivity (Wildman–Crippen MR) is 86.1 cm³/mol. The third-order valence-corrected chi connectivity index (χ3v) is 3.22. The van der Waals surface area contributed by atoms with E-state index in [1.807, 2.05) is 0 Å². The predicted octanol–water partition coefficient (Wildman–Crippen LogP) is 4.83. The summed E-state index contributed by atoms with van der Waals surface area (Å²) in [4.78, 5) is 8.24. The minimum atomic E-state index is -0.998. The lowest BCUT2D eigenvalue weighted by Crippen LogP contribution is -2.03. The van der Waals surface area contributed by atoms with Gasteiger partial charge in [0.25, 0.3) is 0 Å². The number of rotatable bonds is 4. The van der Waals surface area contributed by atoms with Crippen molar-refractivity contribution in [2.24, 2.45) is 0 Å². The normalized spacial score (nSPS) is 10.6. The Morgan fingerprint density at radius 3 is 2.12 bits per heavy atom. The highest BCUT2D eigenvalue weighted by atomic mass is 19.2. The van der Waals surface area contributed by atoms with E-state index < -0.39 is 23.3 Å². The molecule has 0 aliphatic carbocycles. The van der Waals surface area contributed by atoms with E-state index in [9.17, 15) is 17.6 Å². The van der Waals surface area contributed by atoms with Gasteiger partial charge in [-0.1, -0.05) is 0 Å². The molecule has 0 spiro atoms. The summed E-state index contributed by atoms with van der Waals surface area (Å²) in [6.07, 6.45) is 0. The van der Waals surface area contributed by atoms with Crippen LogP contribution in [0.2, 0.25) is 0 Å². The SMILES string of the molecule is Cc1nc(Nc2ccc(F)c(F)c2)cc(Nc2ccc(F)cc2F)n1. The first-order valence-corrected chi connectivity index (χ1v) is 7.20. The zero-order valence-electron chi connectivity index (χ0n) is 12.9. The third-order valence-electron chi connectivity index (χ3n) is 3.22. The molecule has 2 aromatic carbocycles. The molecule has 0 saturated carbocycles. The molecule has 8 heteroatoms. The lowest BCUT2D eigenvalue weighted by molar-refractivity contribution is 0.509. The van der Waals surface area contributed by atoms with Crippen LogP contribution in [0.1, 0.15) is 5.82 Å². The van der Waals surface area contributed by atoms with Crippen LogP contribution in [-0.4, -0.2) is 9.97 Å². The summed E-state index contributed by atoms with van der Waals surface area (Å²) in [7, 11) is 0. The largest absolute Gasteiger partial charge is 0.340 e. The average molecular weight is 348 g/mol. The molecule has 25 heavy (non-hydrogen) atoms. The standard InChI is InChI=1S/C17H12F4N4/c1-9-22-16(24-11-3-4-12(19)13(20)7-11)8-17(23-9)25-15-5-2-10(18)6-14(15)21/h2-8H,1H3,(H2,22,23,24,25). The van der Waals surface area contributed by atoms with Crippen LogP contribution >= 0.6 is 0 Å². The maximum Gasteiger partial charge on any atom is 0.160 e. The number of halogens is 4. The summed E-state index contributed by atoms with van der Waals surface area (Å²) >= 11 is 0. The van der Waals surface area contributed by atoms with E-state index in [0.717, 1.165) is 24.3 Å². The summed E-state index contributed by atoms with van der Waals surface area (Å²) < 4.78 is 52.9. The van der Waals surface area contributed by atoms with Gasteiger partial charge in [-0.05, 0) is 31.2 Å². The zero-order valence-corrected chi connectivity index (χ0v) is 12.9. The number of nitrogens with zero attached hydrogens (tertiary/aromatic N) is 2. The van der Waals surface area contributed by atoms with Gasteiger partial charge in [0.2, 0.25) is 0 Å². The van der Waals surface area contributed by atoms with Crippen molar-refractivity contribution in [2.45, 2.75) is 6.92 Å². The maximum absolute atomic E-state index is 13.7. The molecular weight excluding hydrogens is 336 g/mol. The van der Waals surface area contributed by atoms with Gasteiger partial charge in [0.15, 0.2) is 11.6 Å². The van der Waals surface area contributed by atoms with Gasteiger partial charge in [-0.3, -0.25) is 0 Å². The minimum absolute atomic E-state index is 0.0401. The number of hydrogen-bond acceptors (Lipinski definition) is 4. The Bertz CT molecular complexity index is 931. The molecule has 0 saturated heterocycles. The van der Waals surface area contributed by atoms with Crippen LogP contribution in [-0.2, 0) is 0 Å². The molecule has 0 bridgehead atoms.